The van der Waals surface area contributed by atoms with E-state index in [0.29, 0.717) is 17.8 Å². The predicted octanol–water partition coefficient (Wildman–Crippen LogP) is 1.29. The molecule has 3 amide bonds. The van der Waals surface area contributed by atoms with E-state index in [1.165, 1.54) is 6.92 Å². The second-order valence-electron chi connectivity index (χ2n) is 4.75. The fourth-order valence-corrected chi connectivity index (χ4v) is 1.69. The topological polar surface area (TPSA) is 87.3 Å². The lowest BCUT2D eigenvalue weighted by Crippen LogP contribution is -2.45. The zero-order chi connectivity index (χ0) is 15.8. The highest BCUT2D eigenvalue weighted by Crippen LogP contribution is 2.10. The molecule has 0 fully saturated rings. The normalized spacial score (nSPS) is 11.4. The van der Waals surface area contributed by atoms with Gasteiger partial charge in [-0.2, -0.15) is 0 Å². The van der Waals surface area contributed by atoms with Gasteiger partial charge in [-0.05, 0) is 31.5 Å². The van der Waals surface area contributed by atoms with Gasteiger partial charge in [0.1, 0.15) is 6.04 Å². The third kappa shape index (κ3) is 5.64. The molecule has 0 bridgehead atoms. The van der Waals surface area contributed by atoms with Gasteiger partial charge in [0.15, 0.2) is 0 Å². The van der Waals surface area contributed by atoms with Gasteiger partial charge >= 0.3 is 0 Å². The lowest BCUT2D eigenvalue weighted by Gasteiger charge is -2.14. The van der Waals surface area contributed by atoms with Crippen LogP contribution in [0, 0.1) is 0 Å². The monoisotopic (exact) mass is 291 g/mol. The Labute approximate surface area is 124 Å². The molecule has 0 spiro atoms. The summed E-state index contributed by atoms with van der Waals surface area (Å²) in [4.78, 5) is 34.8. The lowest BCUT2D eigenvalue weighted by atomic mass is 10.1. The van der Waals surface area contributed by atoms with Crippen LogP contribution in [0.15, 0.2) is 24.3 Å². The van der Waals surface area contributed by atoms with Crippen molar-refractivity contribution in [1.82, 2.24) is 10.6 Å². The van der Waals surface area contributed by atoms with Crippen LogP contribution in [0.5, 0.6) is 0 Å². The molecule has 3 N–H and O–H groups in total. The molecule has 0 aliphatic rings. The van der Waals surface area contributed by atoms with E-state index in [2.05, 4.69) is 16.0 Å². The molecule has 1 aromatic rings. The van der Waals surface area contributed by atoms with Crippen LogP contribution in [0.2, 0.25) is 0 Å². The summed E-state index contributed by atoms with van der Waals surface area (Å²) in [5.41, 5.74) is 0.926. The van der Waals surface area contributed by atoms with Crippen molar-refractivity contribution in [3.63, 3.8) is 0 Å². The molecule has 0 radical (unpaired) electrons. The zero-order valence-corrected chi connectivity index (χ0v) is 12.5. The molecule has 6 nitrogen and oxygen atoms in total. The quantitative estimate of drug-likeness (QED) is 0.738. The van der Waals surface area contributed by atoms with E-state index in [1.807, 2.05) is 6.92 Å². The zero-order valence-electron chi connectivity index (χ0n) is 12.5. The van der Waals surface area contributed by atoms with Gasteiger partial charge < -0.3 is 16.0 Å². The molecule has 1 atom stereocenters. The van der Waals surface area contributed by atoms with Crippen LogP contribution < -0.4 is 16.0 Å². The van der Waals surface area contributed by atoms with Crippen LogP contribution in [0.25, 0.3) is 0 Å². The maximum atomic E-state index is 12.1. The maximum absolute atomic E-state index is 12.1. The Morgan fingerprint density at radius 1 is 1.24 bits per heavy atom. The minimum atomic E-state index is -0.617. The van der Waals surface area contributed by atoms with Crippen molar-refractivity contribution in [3.8, 4) is 0 Å². The number of hydrogen-bond donors (Lipinski definition) is 3. The number of carbonyl (C=O) groups is 3. The first-order chi connectivity index (χ1) is 9.93. The van der Waals surface area contributed by atoms with E-state index < -0.39 is 6.04 Å². The van der Waals surface area contributed by atoms with Crippen molar-refractivity contribution in [2.75, 3.05) is 11.9 Å². The molecule has 0 saturated heterocycles. The van der Waals surface area contributed by atoms with E-state index in [0.717, 1.165) is 6.42 Å². The first-order valence-corrected chi connectivity index (χ1v) is 6.90. The maximum Gasteiger partial charge on any atom is 0.251 e. The minimum absolute atomic E-state index is 0.208. The van der Waals surface area contributed by atoms with Crippen LogP contribution >= 0.6 is 0 Å². The fourth-order valence-electron chi connectivity index (χ4n) is 1.69. The van der Waals surface area contributed by atoms with Crippen molar-refractivity contribution in [2.24, 2.45) is 0 Å². The van der Waals surface area contributed by atoms with Crippen molar-refractivity contribution < 1.29 is 14.4 Å². The second kappa shape index (κ2) is 8.04. The van der Waals surface area contributed by atoms with E-state index >= 15 is 0 Å². The van der Waals surface area contributed by atoms with Crippen molar-refractivity contribution in [3.05, 3.63) is 29.8 Å². The average molecular weight is 291 g/mol. The molecule has 0 aliphatic carbocycles. The van der Waals surface area contributed by atoms with Gasteiger partial charge in [0.05, 0.1) is 0 Å². The molecule has 0 aromatic heterocycles. The van der Waals surface area contributed by atoms with Gasteiger partial charge in [0.25, 0.3) is 5.91 Å². The predicted molar refractivity (Wildman–Crippen MR) is 81.0 cm³/mol. The van der Waals surface area contributed by atoms with Crippen LogP contribution in [0.3, 0.4) is 0 Å². The lowest BCUT2D eigenvalue weighted by molar-refractivity contribution is -0.122. The molecule has 1 rings (SSSR count). The van der Waals surface area contributed by atoms with Gasteiger partial charge in [0.2, 0.25) is 11.8 Å². The van der Waals surface area contributed by atoms with Crippen LogP contribution in [-0.4, -0.2) is 30.3 Å². The first-order valence-electron chi connectivity index (χ1n) is 6.90. The third-order valence-electron chi connectivity index (χ3n) is 2.74. The van der Waals surface area contributed by atoms with E-state index in [-0.39, 0.29) is 17.7 Å². The highest BCUT2D eigenvalue weighted by Gasteiger charge is 2.16. The van der Waals surface area contributed by atoms with Gasteiger partial charge in [-0.15, -0.1) is 0 Å². The summed E-state index contributed by atoms with van der Waals surface area (Å²) >= 11 is 0. The Hall–Kier alpha value is -2.37. The third-order valence-corrected chi connectivity index (χ3v) is 2.74. The Bertz CT molecular complexity index is 529. The summed E-state index contributed by atoms with van der Waals surface area (Å²) < 4.78 is 0. The van der Waals surface area contributed by atoms with E-state index in [9.17, 15) is 14.4 Å². The molecule has 1 unspecified atom stereocenters. The summed E-state index contributed by atoms with van der Waals surface area (Å²) in [5, 5.41) is 7.94. The van der Waals surface area contributed by atoms with Gasteiger partial charge in [-0.3, -0.25) is 14.4 Å². The molecular weight excluding hydrogens is 270 g/mol. The van der Waals surface area contributed by atoms with Crippen molar-refractivity contribution >= 4 is 23.4 Å². The van der Waals surface area contributed by atoms with Crippen LogP contribution in [-0.2, 0) is 9.59 Å². The molecule has 1 aromatic carbocycles. The molecule has 6 heteroatoms. The van der Waals surface area contributed by atoms with Crippen molar-refractivity contribution in [1.29, 1.82) is 0 Å². The summed E-state index contributed by atoms with van der Waals surface area (Å²) in [6.07, 6.45) is 0.838. The number of rotatable bonds is 6. The van der Waals surface area contributed by atoms with E-state index in [4.69, 9.17) is 0 Å². The fraction of sp³-hybridized carbons (Fsp3) is 0.400. The number of hydrogen-bond acceptors (Lipinski definition) is 3. The Morgan fingerprint density at radius 3 is 2.57 bits per heavy atom. The number of nitrogens with one attached hydrogen (secondary N) is 3. The van der Waals surface area contributed by atoms with Crippen molar-refractivity contribution in [2.45, 2.75) is 33.2 Å². The Kier molecular flexibility index (Phi) is 6.39. The number of amides is 3. The number of carbonyl (C=O) groups excluding carboxylic acids is 3. The molecular formula is C15H21N3O3. The molecule has 21 heavy (non-hydrogen) atoms. The molecule has 0 aliphatic heterocycles. The first kappa shape index (κ1) is 16.7. The van der Waals surface area contributed by atoms with E-state index in [1.54, 1.807) is 31.2 Å². The number of benzene rings is 1. The summed E-state index contributed by atoms with van der Waals surface area (Å²) in [6.45, 7) is 5.56. The standard InChI is InChI=1S/C15H21N3O3/c1-4-8-16-14(20)10(2)17-15(21)12-6-5-7-13(9-12)18-11(3)19/h5-7,9-10H,4,8H2,1-3H3,(H,16,20)(H,17,21)(H,18,19). The highest BCUT2D eigenvalue weighted by atomic mass is 16.2. The smallest absolute Gasteiger partial charge is 0.251 e. The van der Waals surface area contributed by atoms with Crippen LogP contribution in [0.1, 0.15) is 37.6 Å². The molecule has 114 valence electrons. The van der Waals surface area contributed by atoms with Gasteiger partial charge in [-0.25, -0.2) is 0 Å². The molecule has 0 saturated carbocycles. The molecule has 0 heterocycles. The highest BCUT2D eigenvalue weighted by molar-refractivity contribution is 5.99. The summed E-state index contributed by atoms with van der Waals surface area (Å²) in [6, 6.07) is 5.93. The summed E-state index contributed by atoms with van der Waals surface area (Å²) in [5.74, 6) is -0.788. The minimum Gasteiger partial charge on any atom is -0.354 e. The van der Waals surface area contributed by atoms with Gasteiger partial charge in [0, 0.05) is 24.7 Å². The average Bonchev–Trinajstić information content (AvgIpc) is 2.44. The van der Waals surface area contributed by atoms with Gasteiger partial charge in [-0.1, -0.05) is 13.0 Å². The SMILES string of the molecule is CCCNC(=O)C(C)NC(=O)c1cccc(NC(C)=O)c1. The summed E-state index contributed by atoms with van der Waals surface area (Å²) in [7, 11) is 0. The Morgan fingerprint density at radius 2 is 1.95 bits per heavy atom. The number of anilines is 1. The van der Waals surface area contributed by atoms with Crippen LogP contribution in [0.4, 0.5) is 5.69 Å². The largest absolute Gasteiger partial charge is 0.354 e. The Balaban J connectivity index is 2.66. The second-order valence-corrected chi connectivity index (χ2v) is 4.75.